The van der Waals surface area contributed by atoms with Gasteiger partial charge in [-0.15, -0.1) is 0 Å². The highest BCUT2D eigenvalue weighted by Gasteiger charge is 2.15. The Morgan fingerprint density at radius 1 is 1.07 bits per heavy atom. The van der Waals surface area contributed by atoms with Crippen LogP contribution in [0.25, 0.3) is 11.0 Å². The fourth-order valence-corrected chi connectivity index (χ4v) is 4.01. The van der Waals surface area contributed by atoms with Crippen LogP contribution in [0, 0.1) is 11.6 Å². The van der Waals surface area contributed by atoms with Crippen LogP contribution in [0.15, 0.2) is 66.1 Å². The van der Waals surface area contributed by atoms with E-state index in [2.05, 4.69) is 9.97 Å². The molecule has 0 saturated carbocycles. The Morgan fingerprint density at radius 2 is 1.93 bits per heavy atom. The Hall–Kier alpha value is -2.44. The van der Waals surface area contributed by atoms with E-state index in [4.69, 9.17) is 11.6 Å². The molecule has 0 atom stereocenters. The maximum atomic E-state index is 14.3. The van der Waals surface area contributed by atoms with E-state index in [1.807, 2.05) is 10.6 Å². The molecule has 27 heavy (non-hydrogen) atoms. The van der Waals surface area contributed by atoms with Crippen molar-refractivity contribution in [3.8, 4) is 0 Å². The molecule has 4 aromatic rings. The summed E-state index contributed by atoms with van der Waals surface area (Å²) in [6.45, 7) is 0.235. The summed E-state index contributed by atoms with van der Waals surface area (Å²) in [7, 11) is 0. The first kappa shape index (κ1) is 17.9. The Bertz CT molecular complexity index is 1090. The van der Waals surface area contributed by atoms with Gasteiger partial charge in [-0.05, 0) is 35.9 Å². The number of nitrogens with zero attached hydrogens (tertiary/aromatic N) is 3. The molecule has 0 amide bonds. The van der Waals surface area contributed by atoms with Crippen molar-refractivity contribution in [1.82, 2.24) is 14.5 Å². The van der Waals surface area contributed by atoms with Gasteiger partial charge in [0.2, 0.25) is 0 Å². The lowest BCUT2D eigenvalue weighted by Crippen LogP contribution is -2.04. The number of hydrogen-bond acceptors (Lipinski definition) is 3. The minimum Gasteiger partial charge on any atom is -0.313 e. The predicted octanol–water partition coefficient (Wildman–Crippen LogP) is 5.70. The maximum absolute atomic E-state index is 14.3. The highest BCUT2D eigenvalue weighted by Crippen LogP contribution is 2.29. The number of thioether (sulfide) groups is 1. The normalized spacial score (nSPS) is 11.2. The molecule has 0 aliphatic carbocycles. The quantitative estimate of drug-likeness (QED) is 0.402. The van der Waals surface area contributed by atoms with Gasteiger partial charge in [0.1, 0.15) is 11.6 Å². The Labute approximate surface area is 164 Å². The van der Waals surface area contributed by atoms with E-state index >= 15 is 0 Å². The molecule has 0 unspecified atom stereocenters. The third kappa shape index (κ3) is 3.82. The van der Waals surface area contributed by atoms with Crippen LogP contribution in [0.5, 0.6) is 0 Å². The fourth-order valence-electron chi connectivity index (χ4n) is 2.83. The summed E-state index contributed by atoms with van der Waals surface area (Å²) in [4.78, 5) is 8.79. The summed E-state index contributed by atoms with van der Waals surface area (Å²) < 4.78 is 29.6. The SMILES string of the molecule is Fc1cccc(CSc2nc3ccncc3n2Cc2c(F)cccc2Cl)c1. The van der Waals surface area contributed by atoms with Gasteiger partial charge in [0.15, 0.2) is 5.16 Å². The first-order chi connectivity index (χ1) is 13.1. The summed E-state index contributed by atoms with van der Waals surface area (Å²) in [5, 5.41) is 1.06. The van der Waals surface area contributed by atoms with Crippen LogP contribution >= 0.6 is 23.4 Å². The molecule has 2 aromatic carbocycles. The lowest BCUT2D eigenvalue weighted by molar-refractivity contribution is 0.594. The highest BCUT2D eigenvalue weighted by atomic mass is 35.5. The monoisotopic (exact) mass is 401 g/mol. The van der Waals surface area contributed by atoms with E-state index in [1.165, 1.54) is 30.0 Å². The molecule has 0 aliphatic rings. The average Bonchev–Trinajstić information content (AvgIpc) is 3.01. The highest BCUT2D eigenvalue weighted by molar-refractivity contribution is 7.98. The molecule has 0 aliphatic heterocycles. The van der Waals surface area contributed by atoms with Crippen molar-refractivity contribution in [3.63, 3.8) is 0 Å². The van der Waals surface area contributed by atoms with Crippen molar-refractivity contribution < 1.29 is 8.78 Å². The molecule has 136 valence electrons. The molecule has 0 radical (unpaired) electrons. The standard InChI is InChI=1S/C20H14ClF2N3S/c21-16-5-2-6-17(23)15(16)11-26-19-10-24-8-7-18(19)25-20(26)27-12-13-3-1-4-14(22)9-13/h1-10H,11-12H2. The minimum atomic E-state index is -0.366. The van der Waals surface area contributed by atoms with Crippen molar-refractivity contribution in [2.45, 2.75) is 17.5 Å². The zero-order valence-electron chi connectivity index (χ0n) is 14.1. The molecular weight excluding hydrogens is 388 g/mol. The van der Waals surface area contributed by atoms with Crippen LogP contribution < -0.4 is 0 Å². The van der Waals surface area contributed by atoms with Gasteiger partial charge in [-0.2, -0.15) is 0 Å². The van der Waals surface area contributed by atoms with Gasteiger partial charge in [0.05, 0.1) is 23.8 Å². The summed E-state index contributed by atoms with van der Waals surface area (Å²) in [5.41, 5.74) is 2.80. The van der Waals surface area contributed by atoms with E-state index < -0.39 is 0 Å². The van der Waals surface area contributed by atoms with Gasteiger partial charge >= 0.3 is 0 Å². The molecule has 0 spiro atoms. The molecule has 2 aromatic heterocycles. The van der Waals surface area contributed by atoms with Crippen LogP contribution in [0.4, 0.5) is 8.78 Å². The Balaban J connectivity index is 1.71. The maximum Gasteiger partial charge on any atom is 0.169 e. The largest absolute Gasteiger partial charge is 0.313 e. The number of pyridine rings is 1. The van der Waals surface area contributed by atoms with Crippen LogP contribution in [0.3, 0.4) is 0 Å². The van der Waals surface area contributed by atoms with Gasteiger partial charge in [-0.3, -0.25) is 4.98 Å². The van der Waals surface area contributed by atoms with E-state index in [0.717, 1.165) is 16.6 Å². The van der Waals surface area contributed by atoms with Crippen LogP contribution in [0.1, 0.15) is 11.1 Å². The van der Waals surface area contributed by atoms with Crippen LogP contribution in [-0.2, 0) is 12.3 Å². The van der Waals surface area contributed by atoms with Gasteiger partial charge in [0.25, 0.3) is 0 Å². The van der Waals surface area contributed by atoms with Gasteiger partial charge in [-0.25, -0.2) is 13.8 Å². The topological polar surface area (TPSA) is 30.7 Å². The number of rotatable bonds is 5. The second-order valence-electron chi connectivity index (χ2n) is 5.96. The van der Waals surface area contributed by atoms with Crippen LogP contribution in [-0.4, -0.2) is 14.5 Å². The summed E-state index contributed by atoms with van der Waals surface area (Å²) >= 11 is 7.66. The Kier molecular flexibility index (Phi) is 5.09. The number of halogens is 3. The minimum absolute atomic E-state index is 0.235. The van der Waals surface area contributed by atoms with Crippen molar-refractivity contribution in [3.05, 3.63) is 88.7 Å². The fraction of sp³-hybridized carbons (Fsp3) is 0.100. The summed E-state index contributed by atoms with van der Waals surface area (Å²) in [6, 6.07) is 12.9. The van der Waals surface area contributed by atoms with Crippen molar-refractivity contribution >= 4 is 34.4 Å². The van der Waals surface area contributed by atoms with Crippen molar-refractivity contribution in [1.29, 1.82) is 0 Å². The third-order valence-corrected chi connectivity index (χ3v) is 5.55. The van der Waals surface area contributed by atoms with E-state index in [9.17, 15) is 8.78 Å². The summed E-state index contributed by atoms with van der Waals surface area (Å²) in [5.74, 6) is -0.0993. The molecule has 0 saturated heterocycles. The zero-order valence-corrected chi connectivity index (χ0v) is 15.6. The first-order valence-electron chi connectivity index (χ1n) is 8.22. The number of fused-ring (bicyclic) bond motifs is 1. The van der Waals surface area contributed by atoms with E-state index in [1.54, 1.807) is 36.7 Å². The molecule has 0 bridgehead atoms. The second-order valence-corrected chi connectivity index (χ2v) is 7.31. The van der Waals surface area contributed by atoms with Crippen molar-refractivity contribution in [2.24, 2.45) is 0 Å². The van der Waals surface area contributed by atoms with Crippen molar-refractivity contribution in [2.75, 3.05) is 0 Å². The third-order valence-electron chi connectivity index (χ3n) is 4.15. The average molecular weight is 402 g/mol. The molecule has 2 heterocycles. The molecule has 7 heteroatoms. The second kappa shape index (κ2) is 7.66. The molecule has 3 nitrogen and oxygen atoms in total. The number of benzene rings is 2. The molecule has 4 rings (SSSR count). The number of hydrogen-bond donors (Lipinski definition) is 0. The van der Waals surface area contributed by atoms with E-state index in [-0.39, 0.29) is 18.2 Å². The molecule has 0 N–H and O–H groups in total. The zero-order chi connectivity index (χ0) is 18.8. The predicted molar refractivity (Wildman–Crippen MR) is 104 cm³/mol. The van der Waals surface area contributed by atoms with Gasteiger partial charge in [0, 0.05) is 22.5 Å². The van der Waals surface area contributed by atoms with Crippen LogP contribution in [0.2, 0.25) is 5.02 Å². The van der Waals surface area contributed by atoms with Gasteiger partial charge < -0.3 is 4.57 Å². The molecular formula is C20H14ClF2N3S. The number of aromatic nitrogens is 3. The smallest absolute Gasteiger partial charge is 0.169 e. The Morgan fingerprint density at radius 3 is 2.74 bits per heavy atom. The first-order valence-corrected chi connectivity index (χ1v) is 9.58. The molecule has 0 fully saturated rings. The summed E-state index contributed by atoms with van der Waals surface area (Å²) in [6.07, 6.45) is 3.36. The van der Waals surface area contributed by atoms with E-state index in [0.29, 0.717) is 21.5 Å². The lowest BCUT2D eigenvalue weighted by atomic mass is 10.2. The number of imidazole rings is 1. The lowest BCUT2D eigenvalue weighted by Gasteiger charge is -2.11. The van der Waals surface area contributed by atoms with Gasteiger partial charge in [-0.1, -0.05) is 41.6 Å².